The van der Waals surface area contributed by atoms with E-state index in [1.807, 2.05) is 24.3 Å². The van der Waals surface area contributed by atoms with Crippen LogP contribution < -0.4 is 15.0 Å². The Morgan fingerprint density at radius 2 is 1.92 bits per heavy atom. The first-order chi connectivity index (χ1) is 11.0. The smallest absolute Gasteiger partial charge is 0.262 e. The van der Waals surface area contributed by atoms with Crippen molar-refractivity contribution in [2.45, 2.75) is 18.4 Å². The Kier molecular flexibility index (Phi) is 7.71. The molecule has 1 unspecified atom stereocenters. The average Bonchev–Trinajstić information content (AvgIpc) is 2.94. The van der Waals surface area contributed by atoms with Crippen molar-refractivity contribution in [2.24, 2.45) is 0 Å². The summed E-state index contributed by atoms with van der Waals surface area (Å²) in [5.41, 5.74) is 1.04. The van der Waals surface area contributed by atoms with Gasteiger partial charge in [-0.25, -0.2) is 8.78 Å². The lowest BCUT2D eigenvalue weighted by atomic mass is 10.1. The van der Waals surface area contributed by atoms with Crippen LogP contribution in [-0.2, 0) is 4.79 Å². The Labute approximate surface area is 158 Å². The van der Waals surface area contributed by atoms with Gasteiger partial charge in [0.15, 0.2) is 0 Å². The molecule has 1 aromatic rings. The Hall–Kier alpha value is -1.31. The highest BCUT2D eigenvalue weighted by atomic mass is 35.5. The van der Waals surface area contributed by atoms with Crippen molar-refractivity contribution in [3.05, 3.63) is 24.3 Å². The first-order valence-electron chi connectivity index (χ1n) is 7.77. The summed E-state index contributed by atoms with van der Waals surface area (Å²) in [6.45, 7) is 2.04. The van der Waals surface area contributed by atoms with Crippen LogP contribution >= 0.6 is 24.8 Å². The van der Waals surface area contributed by atoms with Crippen LogP contribution in [0.25, 0.3) is 0 Å². The molecule has 1 amide bonds. The minimum atomic E-state index is -2.78. The molecule has 5 nitrogen and oxygen atoms in total. The van der Waals surface area contributed by atoms with Crippen LogP contribution in [0.1, 0.15) is 6.42 Å². The summed E-state index contributed by atoms with van der Waals surface area (Å²) in [4.78, 5) is 16.2. The number of nitrogens with zero attached hydrogens (tertiary/aromatic N) is 2. The highest BCUT2D eigenvalue weighted by Crippen LogP contribution is 2.27. The maximum absolute atomic E-state index is 13.2. The van der Waals surface area contributed by atoms with Gasteiger partial charge in [0.1, 0.15) is 5.75 Å². The molecule has 25 heavy (non-hydrogen) atoms. The van der Waals surface area contributed by atoms with Crippen LogP contribution in [0.2, 0.25) is 0 Å². The molecular formula is C16H23Cl2F2N3O2. The topological polar surface area (TPSA) is 44.8 Å². The van der Waals surface area contributed by atoms with E-state index in [0.717, 1.165) is 11.4 Å². The molecule has 0 aromatic heterocycles. The Morgan fingerprint density at radius 1 is 1.24 bits per heavy atom. The number of nitrogens with one attached hydrogen (secondary N) is 1. The van der Waals surface area contributed by atoms with Crippen LogP contribution in [0.5, 0.6) is 5.75 Å². The fraction of sp³-hybridized carbons (Fsp3) is 0.562. The van der Waals surface area contributed by atoms with Gasteiger partial charge in [0, 0.05) is 44.4 Å². The number of benzene rings is 1. The van der Waals surface area contributed by atoms with Gasteiger partial charge < -0.3 is 14.5 Å². The minimum Gasteiger partial charge on any atom is -0.497 e. The summed E-state index contributed by atoms with van der Waals surface area (Å²) in [5.74, 6) is -2.20. The number of ether oxygens (including phenoxy) is 1. The van der Waals surface area contributed by atoms with Gasteiger partial charge in [-0.1, -0.05) is 6.07 Å². The van der Waals surface area contributed by atoms with Crippen molar-refractivity contribution in [2.75, 3.05) is 44.7 Å². The molecule has 0 radical (unpaired) electrons. The van der Waals surface area contributed by atoms with Gasteiger partial charge in [-0.2, -0.15) is 0 Å². The van der Waals surface area contributed by atoms with E-state index < -0.39 is 24.9 Å². The van der Waals surface area contributed by atoms with E-state index >= 15 is 0 Å². The second kappa shape index (κ2) is 8.87. The van der Waals surface area contributed by atoms with Gasteiger partial charge in [0.25, 0.3) is 5.92 Å². The van der Waals surface area contributed by atoms with Crippen LogP contribution in [-0.4, -0.2) is 62.6 Å². The molecule has 2 saturated heterocycles. The molecule has 1 N–H and O–H groups in total. The standard InChI is InChI=1S/C16H21F2N3O2.2ClH/c1-23-13-4-2-3-12(9-13)20-5-7-21(8-6-20)15(22)14-10-16(17,18)11-19-14;;/h2-4,9,14,19H,5-8,10-11H2,1H3;2*1H. The summed E-state index contributed by atoms with van der Waals surface area (Å²) in [6, 6.07) is 7.01. The number of carbonyl (C=O) groups excluding carboxylic acids is 1. The van der Waals surface area contributed by atoms with Crippen molar-refractivity contribution in [3.63, 3.8) is 0 Å². The summed E-state index contributed by atoms with van der Waals surface area (Å²) < 4.78 is 31.7. The normalized spacial score (nSPS) is 22.0. The summed E-state index contributed by atoms with van der Waals surface area (Å²) in [5, 5.41) is 2.63. The van der Waals surface area contributed by atoms with E-state index in [-0.39, 0.29) is 30.7 Å². The number of hydrogen-bond acceptors (Lipinski definition) is 4. The van der Waals surface area contributed by atoms with Crippen LogP contribution in [0.4, 0.5) is 14.5 Å². The molecule has 0 saturated carbocycles. The Bertz CT molecular complexity index is 584. The molecule has 0 bridgehead atoms. The number of amides is 1. The van der Waals surface area contributed by atoms with Crippen LogP contribution in [0, 0.1) is 0 Å². The highest BCUT2D eigenvalue weighted by Gasteiger charge is 2.43. The lowest BCUT2D eigenvalue weighted by Gasteiger charge is -2.37. The summed E-state index contributed by atoms with van der Waals surface area (Å²) >= 11 is 0. The molecule has 9 heteroatoms. The zero-order valence-electron chi connectivity index (χ0n) is 13.9. The molecule has 1 aromatic carbocycles. The molecule has 2 aliphatic rings. The van der Waals surface area contributed by atoms with Crippen molar-refractivity contribution >= 4 is 36.4 Å². The van der Waals surface area contributed by atoms with E-state index in [2.05, 4.69) is 10.2 Å². The van der Waals surface area contributed by atoms with Crippen molar-refractivity contribution in [1.29, 1.82) is 0 Å². The molecule has 3 rings (SSSR count). The predicted octanol–water partition coefficient (Wildman–Crippen LogP) is 2.18. The first kappa shape index (κ1) is 21.7. The molecule has 2 aliphatic heterocycles. The van der Waals surface area contributed by atoms with E-state index in [1.165, 1.54) is 0 Å². The van der Waals surface area contributed by atoms with Gasteiger partial charge in [-0.15, -0.1) is 24.8 Å². The summed E-state index contributed by atoms with van der Waals surface area (Å²) in [6.07, 6.45) is -0.401. The van der Waals surface area contributed by atoms with E-state index in [1.54, 1.807) is 12.0 Å². The third-order valence-electron chi connectivity index (χ3n) is 4.42. The Morgan fingerprint density at radius 3 is 2.48 bits per heavy atom. The van der Waals surface area contributed by atoms with Crippen molar-refractivity contribution in [3.8, 4) is 5.75 Å². The first-order valence-corrected chi connectivity index (χ1v) is 7.77. The van der Waals surface area contributed by atoms with Gasteiger partial charge >= 0.3 is 0 Å². The molecule has 142 valence electrons. The van der Waals surface area contributed by atoms with Gasteiger partial charge in [0.2, 0.25) is 5.91 Å². The minimum absolute atomic E-state index is 0. The van der Waals surface area contributed by atoms with E-state index in [9.17, 15) is 13.6 Å². The highest BCUT2D eigenvalue weighted by molar-refractivity contribution is 5.85. The fourth-order valence-corrected chi connectivity index (χ4v) is 3.10. The van der Waals surface area contributed by atoms with Crippen LogP contribution in [0.3, 0.4) is 0 Å². The average molecular weight is 398 g/mol. The largest absolute Gasteiger partial charge is 0.497 e. The maximum atomic E-state index is 13.2. The molecule has 2 fully saturated rings. The van der Waals surface area contributed by atoms with Crippen molar-refractivity contribution in [1.82, 2.24) is 10.2 Å². The number of halogens is 4. The molecular weight excluding hydrogens is 375 g/mol. The molecule has 0 aliphatic carbocycles. The molecule has 2 heterocycles. The summed E-state index contributed by atoms with van der Waals surface area (Å²) in [7, 11) is 1.63. The monoisotopic (exact) mass is 397 g/mol. The van der Waals surface area contributed by atoms with Gasteiger partial charge in [0.05, 0.1) is 19.7 Å². The second-order valence-electron chi connectivity index (χ2n) is 6.01. The number of hydrogen-bond donors (Lipinski definition) is 1. The zero-order chi connectivity index (χ0) is 16.4. The SMILES string of the molecule is COc1cccc(N2CCN(C(=O)C3CC(F)(F)CN3)CC2)c1.Cl.Cl. The van der Waals surface area contributed by atoms with E-state index in [4.69, 9.17) is 4.74 Å². The lowest BCUT2D eigenvalue weighted by molar-refractivity contribution is -0.134. The Balaban J connectivity index is 0.00000156. The maximum Gasteiger partial charge on any atom is 0.262 e. The zero-order valence-corrected chi connectivity index (χ0v) is 15.5. The number of methoxy groups -OCH3 is 1. The number of anilines is 1. The van der Waals surface area contributed by atoms with Crippen LogP contribution in [0.15, 0.2) is 24.3 Å². The molecule has 0 spiro atoms. The van der Waals surface area contributed by atoms with E-state index in [0.29, 0.717) is 26.2 Å². The third-order valence-corrected chi connectivity index (χ3v) is 4.42. The van der Waals surface area contributed by atoms with Gasteiger partial charge in [-0.3, -0.25) is 10.1 Å². The number of alkyl halides is 2. The predicted molar refractivity (Wildman–Crippen MR) is 97.6 cm³/mol. The quantitative estimate of drug-likeness (QED) is 0.848. The fourth-order valence-electron chi connectivity index (χ4n) is 3.10. The van der Waals surface area contributed by atoms with Gasteiger partial charge in [-0.05, 0) is 12.1 Å². The number of rotatable bonds is 3. The molecule has 1 atom stereocenters. The third kappa shape index (κ3) is 5.09. The number of carbonyl (C=O) groups is 1. The lowest BCUT2D eigenvalue weighted by Crippen LogP contribution is -2.53. The number of piperazine rings is 1. The second-order valence-corrected chi connectivity index (χ2v) is 6.01. The van der Waals surface area contributed by atoms with Crippen molar-refractivity contribution < 1.29 is 18.3 Å².